The minimum atomic E-state index is -0.358. The third kappa shape index (κ3) is 3.86. The number of piperidine rings is 1. The molecule has 120 valence electrons. The van der Waals surface area contributed by atoms with Crippen molar-refractivity contribution < 1.29 is 9.18 Å². The van der Waals surface area contributed by atoms with E-state index < -0.39 is 0 Å². The van der Waals surface area contributed by atoms with E-state index in [9.17, 15) is 9.18 Å². The van der Waals surface area contributed by atoms with Crippen molar-refractivity contribution in [1.82, 2.24) is 4.98 Å². The van der Waals surface area contributed by atoms with E-state index in [4.69, 9.17) is 0 Å². The molecule has 23 heavy (non-hydrogen) atoms. The van der Waals surface area contributed by atoms with Crippen LogP contribution >= 0.6 is 0 Å². The zero-order valence-corrected chi connectivity index (χ0v) is 13.1. The predicted octanol–water partition coefficient (Wildman–Crippen LogP) is 3.71. The molecule has 1 N–H and O–H groups in total. The molecule has 0 saturated carbocycles. The van der Waals surface area contributed by atoms with Crippen LogP contribution in [0.4, 0.5) is 15.9 Å². The van der Waals surface area contributed by atoms with E-state index in [0.29, 0.717) is 11.3 Å². The first-order valence-electron chi connectivity index (χ1n) is 7.90. The number of amides is 1. The summed E-state index contributed by atoms with van der Waals surface area (Å²) in [4.78, 5) is 18.8. The third-order valence-corrected chi connectivity index (χ3v) is 4.22. The fourth-order valence-corrected chi connectivity index (χ4v) is 2.69. The van der Waals surface area contributed by atoms with Gasteiger partial charge >= 0.3 is 0 Å². The summed E-state index contributed by atoms with van der Waals surface area (Å²) in [6.07, 6.45) is 4.03. The summed E-state index contributed by atoms with van der Waals surface area (Å²) in [5, 5.41) is 2.77. The Labute approximate surface area is 135 Å². The SMILES string of the molecule is CC1CCN(c2ccc(NC(=O)c3ccc(F)cc3)cn2)CC1. The lowest BCUT2D eigenvalue weighted by Crippen LogP contribution is -2.33. The summed E-state index contributed by atoms with van der Waals surface area (Å²) < 4.78 is 12.9. The third-order valence-electron chi connectivity index (χ3n) is 4.22. The quantitative estimate of drug-likeness (QED) is 0.939. The molecule has 1 aliphatic rings. The number of pyridine rings is 1. The molecular weight excluding hydrogens is 293 g/mol. The van der Waals surface area contributed by atoms with Gasteiger partial charge in [0.1, 0.15) is 11.6 Å². The molecule has 1 aliphatic heterocycles. The lowest BCUT2D eigenvalue weighted by atomic mass is 9.99. The highest BCUT2D eigenvalue weighted by molar-refractivity contribution is 6.04. The van der Waals surface area contributed by atoms with Crippen LogP contribution in [0.15, 0.2) is 42.6 Å². The van der Waals surface area contributed by atoms with Crippen LogP contribution in [-0.4, -0.2) is 24.0 Å². The Hall–Kier alpha value is -2.43. The van der Waals surface area contributed by atoms with E-state index in [0.717, 1.165) is 24.8 Å². The molecule has 0 spiro atoms. The molecule has 0 radical (unpaired) electrons. The first kappa shape index (κ1) is 15.5. The van der Waals surface area contributed by atoms with Gasteiger partial charge in [-0.15, -0.1) is 0 Å². The average Bonchev–Trinajstić information content (AvgIpc) is 2.57. The van der Waals surface area contributed by atoms with E-state index >= 15 is 0 Å². The van der Waals surface area contributed by atoms with E-state index in [1.807, 2.05) is 12.1 Å². The van der Waals surface area contributed by atoms with Crippen LogP contribution in [0.1, 0.15) is 30.1 Å². The van der Waals surface area contributed by atoms with Gasteiger partial charge in [0.05, 0.1) is 11.9 Å². The van der Waals surface area contributed by atoms with Crippen molar-refractivity contribution in [1.29, 1.82) is 0 Å². The number of aromatic nitrogens is 1. The van der Waals surface area contributed by atoms with Crippen LogP contribution in [0, 0.1) is 11.7 Å². The Morgan fingerprint density at radius 2 is 1.87 bits per heavy atom. The number of carbonyl (C=O) groups excluding carboxylic acids is 1. The van der Waals surface area contributed by atoms with Crippen LogP contribution in [0.5, 0.6) is 0 Å². The first-order valence-corrected chi connectivity index (χ1v) is 7.90. The number of carbonyl (C=O) groups is 1. The Kier molecular flexibility index (Phi) is 4.55. The summed E-state index contributed by atoms with van der Waals surface area (Å²) in [5.74, 6) is 1.09. The van der Waals surface area contributed by atoms with Crippen LogP contribution in [0.25, 0.3) is 0 Å². The van der Waals surface area contributed by atoms with E-state index in [1.165, 1.54) is 37.1 Å². The minimum absolute atomic E-state index is 0.272. The van der Waals surface area contributed by atoms with Gasteiger partial charge in [0.15, 0.2) is 0 Å². The number of anilines is 2. The van der Waals surface area contributed by atoms with Gasteiger partial charge in [-0.25, -0.2) is 9.37 Å². The zero-order valence-electron chi connectivity index (χ0n) is 13.1. The number of halogens is 1. The van der Waals surface area contributed by atoms with Crippen molar-refractivity contribution in [3.63, 3.8) is 0 Å². The molecule has 0 unspecified atom stereocenters. The largest absolute Gasteiger partial charge is 0.357 e. The second-order valence-corrected chi connectivity index (χ2v) is 6.04. The molecule has 1 aromatic carbocycles. The molecule has 1 saturated heterocycles. The summed E-state index contributed by atoms with van der Waals surface area (Å²) in [5.41, 5.74) is 1.05. The predicted molar refractivity (Wildman–Crippen MR) is 89.2 cm³/mol. The monoisotopic (exact) mass is 313 g/mol. The average molecular weight is 313 g/mol. The molecule has 1 aromatic heterocycles. The van der Waals surface area contributed by atoms with Crippen molar-refractivity contribution in [3.8, 4) is 0 Å². The molecule has 0 bridgehead atoms. The Bertz CT molecular complexity index is 662. The van der Waals surface area contributed by atoms with Crippen molar-refractivity contribution in [2.24, 2.45) is 5.92 Å². The normalized spacial score (nSPS) is 15.5. The molecule has 0 atom stereocenters. The van der Waals surface area contributed by atoms with Crippen molar-refractivity contribution in [2.45, 2.75) is 19.8 Å². The minimum Gasteiger partial charge on any atom is -0.357 e. The van der Waals surface area contributed by atoms with E-state index in [1.54, 1.807) is 6.20 Å². The maximum absolute atomic E-state index is 12.9. The molecule has 2 aromatic rings. The van der Waals surface area contributed by atoms with Crippen molar-refractivity contribution in [3.05, 3.63) is 54.0 Å². The highest BCUT2D eigenvalue weighted by atomic mass is 19.1. The summed E-state index contributed by atoms with van der Waals surface area (Å²) in [6, 6.07) is 9.24. The van der Waals surface area contributed by atoms with Crippen LogP contribution in [0.3, 0.4) is 0 Å². The number of rotatable bonds is 3. The number of benzene rings is 1. The standard InChI is InChI=1S/C18H20FN3O/c1-13-8-10-22(11-9-13)17-7-6-16(12-20-17)21-18(23)14-2-4-15(19)5-3-14/h2-7,12-13H,8-11H2,1H3,(H,21,23). The summed E-state index contributed by atoms with van der Waals surface area (Å²) >= 11 is 0. The molecular formula is C18H20FN3O. The first-order chi connectivity index (χ1) is 11.1. The molecule has 5 heteroatoms. The van der Waals surface area contributed by atoms with Gasteiger partial charge in [-0.2, -0.15) is 0 Å². The van der Waals surface area contributed by atoms with E-state index in [2.05, 4.69) is 22.1 Å². The molecule has 0 aliphatic carbocycles. The second kappa shape index (κ2) is 6.77. The highest BCUT2D eigenvalue weighted by Crippen LogP contribution is 2.22. The van der Waals surface area contributed by atoms with Crippen LogP contribution < -0.4 is 10.2 Å². The highest BCUT2D eigenvalue weighted by Gasteiger charge is 2.16. The summed E-state index contributed by atoms with van der Waals surface area (Å²) in [7, 11) is 0. The van der Waals surface area contributed by atoms with Crippen LogP contribution in [0.2, 0.25) is 0 Å². The van der Waals surface area contributed by atoms with Gasteiger partial charge in [-0.3, -0.25) is 4.79 Å². The Morgan fingerprint density at radius 3 is 2.48 bits per heavy atom. The lowest BCUT2D eigenvalue weighted by molar-refractivity contribution is 0.102. The molecule has 3 rings (SSSR count). The Balaban J connectivity index is 1.63. The van der Waals surface area contributed by atoms with Gasteiger partial charge in [0.25, 0.3) is 5.91 Å². The van der Waals surface area contributed by atoms with Crippen LogP contribution in [-0.2, 0) is 0 Å². The number of hydrogen-bond donors (Lipinski definition) is 1. The van der Waals surface area contributed by atoms with Gasteiger partial charge in [-0.1, -0.05) is 6.92 Å². The van der Waals surface area contributed by atoms with Gasteiger partial charge < -0.3 is 10.2 Å². The lowest BCUT2D eigenvalue weighted by Gasteiger charge is -2.31. The second-order valence-electron chi connectivity index (χ2n) is 6.04. The van der Waals surface area contributed by atoms with Gasteiger partial charge in [0, 0.05) is 18.7 Å². The zero-order chi connectivity index (χ0) is 16.2. The fourth-order valence-electron chi connectivity index (χ4n) is 2.69. The number of nitrogens with one attached hydrogen (secondary N) is 1. The maximum atomic E-state index is 12.9. The van der Waals surface area contributed by atoms with E-state index in [-0.39, 0.29) is 11.7 Å². The van der Waals surface area contributed by atoms with Crippen molar-refractivity contribution in [2.75, 3.05) is 23.3 Å². The fraction of sp³-hybridized carbons (Fsp3) is 0.333. The Morgan fingerprint density at radius 1 is 1.17 bits per heavy atom. The number of hydrogen-bond acceptors (Lipinski definition) is 3. The number of nitrogens with zero attached hydrogens (tertiary/aromatic N) is 2. The molecule has 1 amide bonds. The molecule has 2 heterocycles. The van der Waals surface area contributed by atoms with Gasteiger partial charge in [-0.05, 0) is 55.2 Å². The van der Waals surface area contributed by atoms with Gasteiger partial charge in [0.2, 0.25) is 0 Å². The molecule has 4 nitrogen and oxygen atoms in total. The molecule has 1 fully saturated rings. The van der Waals surface area contributed by atoms with Crippen molar-refractivity contribution >= 4 is 17.4 Å². The maximum Gasteiger partial charge on any atom is 0.255 e. The smallest absolute Gasteiger partial charge is 0.255 e. The summed E-state index contributed by atoms with van der Waals surface area (Å²) in [6.45, 7) is 4.32. The topological polar surface area (TPSA) is 45.2 Å².